The molecule has 0 atom stereocenters. The number of piperidine rings is 1. The average Bonchev–Trinajstić information content (AvgIpc) is 3.01. The molecule has 0 aliphatic carbocycles. The van der Waals surface area contributed by atoms with Crippen molar-refractivity contribution in [3.63, 3.8) is 0 Å². The molecule has 6 nitrogen and oxygen atoms in total. The van der Waals surface area contributed by atoms with Crippen LogP contribution in [0.4, 0.5) is 9.93 Å². The number of thioether (sulfide) groups is 1. The van der Waals surface area contributed by atoms with Crippen LogP contribution in [-0.4, -0.2) is 51.2 Å². The second-order valence-electron chi connectivity index (χ2n) is 7.59. The Morgan fingerprint density at radius 1 is 1.33 bits per heavy atom. The molecular weight excluding hydrogens is 380 g/mol. The first-order valence-corrected chi connectivity index (χ1v) is 10.8. The van der Waals surface area contributed by atoms with Crippen LogP contribution in [0.3, 0.4) is 0 Å². The summed E-state index contributed by atoms with van der Waals surface area (Å²) in [5.41, 5.74) is 0.368. The Morgan fingerprint density at radius 2 is 2.04 bits per heavy atom. The van der Waals surface area contributed by atoms with Crippen molar-refractivity contribution in [3.05, 3.63) is 12.7 Å². The molecule has 1 amide bonds. The van der Waals surface area contributed by atoms with Crippen molar-refractivity contribution >= 4 is 34.3 Å². The molecule has 0 radical (unpaired) electrons. The number of rotatable bonds is 6. The van der Waals surface area contributed by atoms with Gasteiger partial charge in [0.2, 0.25) is 5.13 Å². The van der Waals surface area contributed by atoms with Crippen molar-refractivity contribution < 1.29 is 9.53 Å². The van der Waals surface area contributed by atoms with Gasteiger partial charge in [-0.2, -0.15) is 0 Å². The summed E-state index contributed by atoms with van der Waals surface area (Å²) in [6.45, 7) is 13.6. The van der Waals surface area contributed by atoms with Gasteiger partial charge in [-0.25, -0.2) is 4.79 Å². The molecule has 0 spiro atoms. The van der Waals surface area contributed by atoms with Gasteiger partial charge < -0.3 is 4.74 Å². The summed E-state index contributed by atoms with van der Waals surface area (Å²) in [5, 5.41) is 10.9. The van der Waals surface area contributed by atoms with Crippen LogP contribution < -0.4 is 5.32 Å². The maximum absolute atomic E-state index is 11.5. The molecule has 1 aromatic rings. The summed E-state index contributed by atoms with van der Waals surface area (Å²) in [7, 11) is 0. The number of amides is 1. The van der Waals surface area contributed by atoms with Crippen molar-refractivity contribution in [1.29, 1.82) is 0 Å². The minimum Gasteiger partial charge on any atom is -0.445 e. The van der Waals surface area contributed by atoms with E-state index in [2.05, 4.69) is 66.5 Å². The summed E-state index contributed by atoms with van der Waals surface area (Å²) < 4.78 is 5.61. The highest BCUT2D eigenvalue weighted by molar-refractivity contribution is 8.01. The minimum atomic E-state index is -0.561. The lowest BCUT2D eigenvalue weighted by molar-refractivity contribution is -0.0144. The van der Waals surface area contributed by atoms with Crippen molar-refractivity contribution in [2.24, 2.45) is 0 Å². The van der Waals surface area contributed by atoms with Crippen molar-refractivity contribution in [3.8, 4) is 11.8 Å². The fourth-order valence-electron chi connectivity index (χ4n) is 3.33. The number of nitrogens with zero attached hydrogens (tertiary/aromatic N) is 3. The van der Waals surface area contributed by atoms with Crippen molar-refractivity contribution in [2.75, 3.05) is 24.2 Å². The lowest BCUT2D eigenvalue weighted by atomic mass is 9.80. The third-order valence-electron chi connectivity index (χ3n) is 4.62. The van der Waals surface area contributed by atoms with Gasteiger partial charge in [0, 0.05) is 11.1 Å². The minimum absolute atomic E-state index is 0.159. The predicted octanol–water partition coefficient (Wildman–Crippen LogP) is 4.41. The Hall–Kier alpha value is -1.56. The van der Waals surface area contributed by atoms with Crippen molar-refractivity contribution in [1.82, 2.24) is 15.1 Å². The third kappa shape index (κ3) is 6.52. The summed E-state index contributed by atoms with van der Waals surface area (Å²) in [6.07, 6.45) is 4.64. The van der Waals surface area contributed by atoms with Gasteiger partial charge in [0.25, 0.3) is 0 Å². The first-order valence-electron chi connectivity index (χ1n) is 8.99. The first-order chi connectivity index (χ1) is 12.7. The molecule has 27 heavy (non-hydrogen) atoms. The van der Waals surface area contributed by atoms with Gasteiger partial charge in [0.05, 0.1) is 12.3 Å². The third-order valence-corrected chi connectivity index (χ3v) is 6.47. The molecule has 1 aliphatic rings. The zero-order valence-corrected chi connectivity index (χ0v) is 18.1. The van der Waals surface area contributed by atoms with E-state index in [0.29, 0.717) is 10.9 Å². The number of carbonyl (C=O) groups is 1. The zero-order chi connectivity index (χ0) is 19.9. The van der Waals surface area contributed by atoms with Crippen LogP contribution in [0, 0.1) is 11.8 Å². The van der Waals surface area contributed by atoms with Gasteiger partial charge in [0.1, 0.15) is 6.61 Å². The quantitative estimate of drug-likeness (QED) is 0.325. The van der Waals surface area contributed by atoms with Crippen LogP contribution in [0.5, 0.6) is 0 Å². The molecule has 0 bridgehead atoms. The standard InChI is InChI=1S/C19H28N4O2S2/c1-6-13-25-16(24)20-15-21-22-17(27-15)26-14-8-7-12-23-18(2,3)10-9-11-19(23,4)5/h6H,1,9-14H2,2-5H3,(H,20,21,24). The second-order valence-corrected chi connectivity index (χ2v) is 9.79. The lowest BCUT2D eigenvalue weighted by Gasteiger charge is -2.52. The molecule has 1 fully saturated rings. The highest BCUT2D eigenvalue weighted by Gasteiger charge is 2.40. The van der Waals surface area contributed by atoms with Crippen molar-refractivity contribution in [2.45, 2.75) is 62.4 Å². The predicted molar refractivity (Wildman–Crippen MR) is 112 cm³/mol. The number of anilines is 1. The van der Waals surface area contributed by atoms with E-state index in [4.69, 9.17) is 4.74 Å². The largest absolute Gasteiger partial charge is 0.445 e. The van der Waals surface area contributed by atoms with E-state index in [1.807, 2.05) is 0 Å². The molecule has 0 unspecified atom stereocenters. The SMILES string of the molecule is C=CCOC(=O)Nc1nnc(SCC#CCN2C(C)(C)CCCC2(C)C)s1. The Labute approximate surface area is 170 Å². The fraction of sp³-hybridized carbons (Fsp3) is 0.632. The molecule has 1 aromatic heterocycles. The van der Waals surface area contributed by atoms with E-state index >= 15 is 0 Å². The molecule has 148 valence electrons. The van der Waals surface area contributed by atoms with E-state index in [9.17, 15) is 4.79 Å². The van der Waals surface area contributed by atoms with Crippen LogP contribution in [0.15, 0.2) is 17.0 Å². The monoisotopic (exact) mass is 408 g/mol. The Morgan fingerprint density at radius 3 is 2.70 bits per heavy atom. The number of ether oxygens (including phenoxy) is 1. The number of likely N-dealkylation sites (tertiary alicyclic amines) is 1. The number of aromatic nitrogens is 2. The summed E-state index contributed by atoms with van der Waals surface area (Å²) in [5.74, 6) is 7.18. The molecule has 0 aromatic carbocycles. The van der Waals surface area contributed by atoms with Crippen LogP contribution in [0.2, 0.25) is 0 Å². The van der Waals surface area contributed by atoms with Gasteiger partial charge >= 0.3 is 6.09 Å². The van der Waals surface area contributed by atoms with Gasteiger partial charge in [-0.05, 0) is 47.0 Å². The molecule has 1 saturated heterocycles. The molecule has 1 aliphatic heterocycles. The fourth-order valence-corrected chi connectivity index (χ4v) is 4.84. The van der Waals surface area contributed by atoms with E-state index in [1.165, 1.54) is 48.4 Å². The molecular formula is C19H28N4O2S2. The topological polar surface area (TPSA) is 67.3 Å². The molecule has 1 N–H and O–H groups in total. The highest BCUT2D eigenvalue weighted by Crippen LogP contribution is 2.37. The maximum atomic E-state index is 11.5. The number of hydrogen-bond acceptors (Lipinski definition) is 7. The Bertz CT molecular complexity index is 703. The van der Waals surface area contributed by atoms with Gasteiger partial charge in [0.15, 0.2) is 4.34 Å². The van der Waals surface area contributed by atoms with Crippen LogP contribution in [0.25, 0.3) is 0 Å². The number of nitrogens with one attached hydrogen (secondary N) is 1. The molecule has 2 heterocycles. The summed E-state index contributed by atoms with van der Waals surface area (Å²) >= 11 is 2.82. The molecule has 8 heteroatoms. The lowest BCUT2D eigenvalue weighted by Crippen LogP contribution is -2.58. The average molecular weight is 409 g/mol. The normalized spacial score (nSPS) is 18.2. The Balaban J connectivity index is 1.80. The second kappa shape index (κ2) is 9.58. The van der Waals surface area contributed by atoms with Crippen LogP contribution in [-0.2, 0) is 4.74 Å². The highest BCUT2D eigenvalue weighted by atomic mass is 32.2. The maximum Gasteiger partial charge on any atom is 0.413 e. The van der Waals surface area contributed by atoms with Crippen LogP contribution in [0.1, 0.15) is 47.0 Å². The first kappa shape index (κ1) is 21.7. The Kier molecular flexibility index (Phi) is 7.71. The van der Waals surface area contributed by atoms with E-state index in [-0.39, 0.29) is 17.7 Å². The molecule has 2 rings (SSSR count). The van der Waals surface area contributed by atoms with Gasteiger partial charge in [-0.3, -0.25) is 10.2 Å². The van der Waals surface area contributed by atoms with E-state index < -0.39 is 6.09 Å². The van der Waals surface area contributed by atoms with Gasteiger partial charge in [-0.15, -0.1) is 10.2 Å². The van der Waals surface area contributed by atoms with Crippen LogP contribution >= 0.6 is 23.1 Å². The van der Waals surface area contributed by atoms with Gasteiger partial charge in [-0.1, -0.05) is 47.6 Å². The number of hydrogen-bond donors (Lipinski definition) is 1. The smallest absolute Gasteiger partial charge is 0.413 e. The van der Waals surface area contributed by atoms with E-state index in [0.717, 1.165) is 10.9 Å². The number of carbonyl (C=O) groups excluding carboxylic acids is 1. The summed E-state index contributed by atoms with van der Waals surface area (Å²) in [6, 6.07) is 0. The zero-order valence-electron chi connectivity index (χ0n) is 16.5. The van der Waals surface area contributed by atoms with E-state index in [1.54, 1.807) is 0 Å². The molecule has 0 saturated carbocycles. The summed E-state index contributed by atoms with van der Waals surface area (Å²) in [4.78, 5) is 14.0.